The first-order chi connectivity index (χ1) is 15.1. The van der Waals surface area contributed by atoms with Gasteiger partial charge in [0.2, 0.25) is 17.7 Å². The second-order valence-electron chi connectivity index (χ2n) is 7.16. The third-order valence-corrected chi connectivity index (χ3v) is 5.38. The summed E-state index contributed by atoms with van der Waals surface area (Å²) in [4.78, 5) is 14.7. The van der Waals surface area contributed by atoms with E-state index in [0.29, 0.717) is 50.1 Å². The number of ether oxygens (including phenoxy) is 2. The Hall–Kier alpha value is -2.87. The van der Waals surface area contributed by atoms with Gasteiger partial charge in [-0.2, -0.15) is 11.3 Å². The van der Waals surface area contributed by atoms with E-state index in [9.17, 15) is 4.79 Å². The van der Waals surface area contributed by atoms with Gasteiger partial charge < -0.3 is 18.8 Å². The lowest BCUT2D eigenvalue weighted by molar-refractivity contribution is -0.131. The lowest BCUT2D eigenvalue weighted by Gasteiger charge is -2.23. The molecule has 31 heavy (non-hydrogen) atoms. The monoisotopic (exact) mass is 443 g/mol. The van der Waals surface area contributed by atoms with Crippen molar-refractivity contribution in [3.05, 3.63) is 46.5 Å². The summed E-state index contributed by atoms with van der Waals surface area (Å²) in [7, 11) is 1.63. The van der Waals surface area contributed by atoms with E-state index in [4.69, 9.17) is 13.9 Å². The zero-order valence-electron chi connectivity index (χ0n) is 18.3. The second kappa shape index (κ2) is 11.5. The van der Waals surface area contributed by atoms with Gasteiger partial charge in [-0.1, -0.05) is 19.9 Å². The van der Waals surface area contributed by atoms with Crippen LogP contribution in [0.2, 0.25) is 0 Å². The van der Waals surface area contributed by atoms with Crippen molar-refractivity contribution in [2.24, 2.45) is 0 Å². The quantitative estimate of drug-likeness (QED) is 0.393. The highest BCUT2D eigenvalue weighted by Crippen LogP contribution is 2.29. The molecule has 2 aromatic heterocycles. The Balaban J connectivity index is 1.61. The fraction of sp³-hybridized carbons (Fsp3) is 0.435. The van der Waals surface area contributed by atoms with Gasteiger partial charge in [-0.25, -0.2) is 0 Å². The first kappa shape index (κ1) is 22.8. The van der Waals surface area contributed by atoms with Crippen LogP contribution in [0.15, 0.2) is 39.4 Å². The smallest absolute Gasteiger partial charge is 0.248 e. The number of carbonyl (C=O) groups excluding carboxylic acids is 1. The van der Waals surface area contributed by atoms with Crippen molar-refractivity contribution in [2.75, 3.05) is 20.3 Å². The van der Waals surface area contributed by atoms with Crippen LogP contribution in [0.25, 0.3) is 11.5 Å². The molecule has 166 valence electrons. The SMILES string of the molecule is CCCOc1ccc(CN(CCC)C(=O)CCc2nnc(-c3ccsc3)o2)cc1OC. The first-order valence-corrected chi connectivity index (χ1v) is 11.5. The van der Waals surface area contributed by atoms with Gasteiger partial charge in [0.1, 0.15) is 0 Å². The Kier molecular flexibility index (Phi) is 8.46. The normalized spacial score (nSPS) is 10.8. The van der Waals surface area contributed by atoms with Crippen LogP contribution < -0.4 is 9.47 Å². The van der Waals surface area contributed by atoms with Crippen molar-refractivity contribution in [1.82, 2.24) is 15.1 Å². The third-order valence-electron chi connectivity index (χ3n) is 4.70. The molecule has 2 heterocycles. The Morgan fingerprint density at radius 3 is 2.74 bits per heavy atom. The Morgan fingerprint density at radius 2 is 2.03 bits per heavy atom. The summed E-state index contributed by atoms with van der Waals surface area (Å²) in [5.74, 6) is 2.43. The number of carbonyl (C=O) groups is 1. The molecule has 0 aliphatic heterocycles. The lowest BCUT2D eigenvalue weighted by Crippen LogP contribution is -2.31. The highest BCUT2D eigenvalue weighted by molar-refractivity contribution is 7.08. The first-order valence-electron chi connectivity index (χ1n) is 10.6. The molecular weight excluding hydrogens is 414 g/mol. The van der Waals surface area contributed by atoms with E-state index in [0.717, 1.165) is 29.7 Å². The maximum absolute atomic E-state index is 12.9. The van der Waals surface area contributed by atoms with Crippen molar-refractivity contribution in [3.63, 3.8) is 0 Å². The van der Waals surface area contributed by atoms with Gasteiger partial charge in [-0.05, 0) is 42.0 Å². The summed E-state index contributed by atoms with van der Waals surface area (Å²) in [5, 5.41) is 12.1. The minimum Gasteiger partial charge on any atom is -0.493 e. The molecule has 0 fully saturated rings. The van der Waals surface area contributed by atoms with E-state index >= 15 is 0 Å². The van der Waals surface area contributed by atoms with E-state index in [1.165, 1.54) is 0 Å². The molecule has 0 spiro atoms. The standard InChI is InChI=1S/C23H29N3O4S/c1-4-11-26(15-17-6-7-19(29-12-5-2)20(14-17)28-3)22(27)9-8-21-24-25-23(30-21)18-10-13-31-16-18/h6-7,10,13-14,16H,4-5,8-9,11-12,15H2,1-3H3. The predicted molar refractivity (Wildman–Crippen MR) is 120 cm³/mol. The van der Waals surface area contributed by atoms with Crippen molar-refractivity contribution in [3.8, 4) is 23.0 Å². The number of hydrogen-bond acceptors (Lipinski definition) is 7. The topological polar surface area (TPSA) is 77.7 Å². The summed E-state index contributed by atoms with van der Waals surface area (Å²) in [6.07, 6.45) is 2.55. The number of thiophene rings is 1. The molecule has 0 saturated heterocycles. The third kappa shape index (κ3) is 6.30. The van der Waals surface area contributed by atoms with E-state index in [1.807, 2.05) is 39.9 Å². The zero-order valence-corrected chi connectivity index (χ0v) is 19.1. The summed E-state index contributed by atoms with van der Waals surface area (Å²) >= 11 is 1.57. The summed E-state index contributed by atoms with van der Waals surface area (Å²) in [6, 6.07) is 7.76. The largest absolute Gasteiger partial charge is 0.493 e. The van der Waals surface area contributed by atoms with Gasteiger partial charge >= 0.3 is 0 Å². The molecule has 1 amide bonds. The van der Waals surface area contributed by atoms with Crippen LogP contribution >= 0.6 is 11.3 Å². The predicted octanol–water partition coefficient (Wildman–Crippen LogP) is 4.97. The van der Waals surface area contributed by atoms with Gasteiger partial charge in [0, 0.05) is 36.9 Å². The van der Waals surface area contributed by atoms with Crippen LogP contribution in [0.3, 0.4) is 0 Å². The van der Waals surface area contributed by atoms with Gasteiger partial charge in [0.15, 0.2) is 11.5 Å². The molecular formula is C23H29N3O4S. The summed E-state index contributed by atoms with van der Waals surface area (Å²) in [5.41, 5.74) is 1.91. The molecule has 3 aromatic rings. The molecule has 1 aromatic carbocycles. The lowest BCUT2D eigenvalue weighted by atomic mass is 10.1. The maximum atomic E-state index is 12.9. The van der Waals surface area contributed by atoms with Crippen molar-refractivity contribution >= 4 is 17.2 Å². The minimum atomic E-state index is 0.0578. The number of aromatic nitrogens is 2. The summed E-state index contributed by atoms with van der Waals surface area (Å²) < 4.78 is 16.9. The van der Waals surface area contributed by atoms with Gasteiger partial charge in [0.25, 0.3) is 0 Å². The minimum absolute atomic E-state index is 0.0578. The van der Waals surface area contributed by atoms with E-state index in [2.05, 4.69) is 24.0 Å². The molecule has 0 N–H and O–H groups in total. The number of hydrogen-bond donors (Lipinski definition) is 0. The average Bonchev–Trinajstić information content (AvgIpc) is 3.48. The van der Waals surface area contributed by atoms with Crippen LogP contribution in [-0.4, -0.2) is 41.3 Å². The molecule has 0 aliphatic rings. The van der Waals surface area contributed by atoms with E-state index < -0.39 is 0 Å². The van der Waals surface area contributed by atoms with Gasteiger partial charge in [-0.3, -0.25) is 4.79 Å². The van der Waals surface area contributed by atoms with Crippen LogP contribution in [-0.2, 0) is 17.8 Å². The molecule has 0 aliphatic carbocycles. The molecule has 7 nitrogen and oxygen atoms in total. The fourth-order valence-corrected chi connectivity index (χ4v) is 3.78. The molecule has 0 bridgehead atoms. The van der Waals surface area contributed by atoms with E-state index in [-0.39, 0.29) is 5.91 Å². The maximum Gasteiger partial charge on any atom is 0.248 e. The molecule has 0 radical (unpaired) electrons. The van der Waals surface area contributed by atoms with Crippen molar-refractivity contribution in [1.29, 1.82) is 0 Å². The summed E-state index contributed by atoms with van der Waals surface area (Å²) in [6.45, 7) is 5.96. The number of methoxy groups -OCH3 is 1. The number of amides is 1. The number of nitrogens with zero attached hydrogens (tertiary/aromatic N) is 3. The van der Waals surface area contributed by atoms with E-state index in [1.54, 1.807) is 18.4 Å². The van der Waals surface area contributed by atoms with Crippen LogP contribution in [0.1, 0.15) is 44.6 Å². The second-order valence-corrected chi connectivity index (χ2v) is 7.94. The molecule has 0 saturated carbocycles. The Bertz CT molecular complexity index is 956. The fourth-order valence-electron chi connectivity index (χ4n) is 3.15. The highest BCUT2D eigenvalue weighted by atomic mass is 32.1. The molecule has 0 atom stereocenters. The number of aryl methyl sites for hydroxylation is 1. The van der Waals surface area contributed by atoms with Crippen molar-refractivity contribution < 1.29 is 18.7 Å². The Morgan fingerprint density at radius 1 is 1.16 bits per heavy atom. The zero-order chi connectivity index (χ0) is 22.1. The molecule has 0 unspecified atom stereocenters. The van der Waals surface area contributed by atoms with Gasteiger partial charge in [0.05, 0.1) is 13.7 Å². The highest BCUT2D eigenvalue weighted by Gasteiger charge is 2.17. The number of rotatable bonds is 12. The van der Waals surface area contributed by atoms with Crippen LogP contribution in [0.4, 0.5) is 0 Å². The van der Waals surface area contributed by atoms with Crippen LogP contribution in [0, 0.1) is 0 Å². The number of benzene rings is 1. The molecule has 3 rings (SSSR count). The average molecular weight is 444 g/mol. The Labute approximate surface area is 187 Å². The van der Waals surface area contributed by atoms with Gasteiger partial charge in [-0.15, -0.1) is 10.2 Å². The van der Waals surface area contributed by atoms with Crippen LogP contribution in [0.5, 0.6) is 11.5 Å². The van der Waals surface area contributed by atoms with Crippen molar-refractivity contribution in [2.45, 2.75) is 46.1 Å². The molecule has 8 heteroatoms.